The molecule has 1 rings (SSSR count). The fourth-order valence-corrected chi connectivity index (χ4v) is 1.18. The van der Waals surface area contributed by atoms with E-state index in [0.29, 0.717) is 12.1 Å². The van der Waals surface area contributed by atoms with Gasteiger partial charge in [-0.05, 0) is 12.8 Å². The van der Waals surface area contributed by atoms with Crippen molar-refractivity contribution in [3.63, 3.8) is 0 Å². The van der Waals surface area contributed by atoms with Gasteiger partial charge in [-0.25, -0.2) is 0 Å². The summed E-state index contributed by atoms with van der Waals surface area (Å²) in [5, 5.41) is 3.31. The Labute approximate surface area is 76.7 Å². The first-order chi connectivity index (χ1) is 5.63. The van der Waals surface area contributed by atoms with Crippen LogP contribution in [0.1, 0.15) is 40.5 Å². The van der Waals surface area contributed by atoms with Crippen molar-refractivity contribution in [3.8, 4) is 0 Å². The highest BCUT2D eigenvalue weighted by Gasteiger charge is 1.94. The van der Waals surface area contributed by atoms with Gasteiger partial charge in [0.1, 0.15) is 0 Å². The molecule has 1 aliphatic heterocycles. The average Bonchev–Trinajstić information content (AvgIpc) is 2.36. The minimum absolute atomic E-state index is 0.625. The van der Waals surface area contributed by atoms with Gasteiger partial charge in [-0.15, -0.1) is 0 Å². The molecular weight excluding hydrogens is 150 g/mol. The van der Waals surface area contributed by atoms with E-state index in [9.17, 15) is 0 Å². The Kier molecular flexibility index (Phi) is 7.51. The average molecular weight is 173 g/mol. The molecule has 2 nitrogen and oxygen atoms in total. The van der Waals surface area contributed by atoms with Crippen molar-refractivity contribution >= 4 is 0 Å². The van der Waals surface area contributed by atoms with Gasteiger partial charge in [0.15, 0.2) is 0 Å². The molecule has 0 aromatic carbocycles. The summed E-state index contributed by atoms with van der Waals surface area (Å²) in [6, 6.07) is 1.25. The van der Waals surface area contributed by atoms with Crippen LogP contribution in [0.15, 0.2) is 0 Å². The van der Waals surface area contributed by atoms with Crippen molar-refractivity contribution in [1.82, 2.24) is 5.32 Å². The summed E-state index contributed by atoms with van der Waals surface area (Å²) < 4.78 is 4.94. The van der Waals surface area contributed by atoms with E-state index in [0.717, 1.165) is 13.2 Å². The lowest BCUT2D eigenvalue weighted by molar-refractivity contribution is 0.198. The molecule has 0 aliphatic carbocycles. The van der Waals surface area contributed by atoms with Crippen molar-refractivity contribution in [2.24, 2.45) is 0 Å². The van der Waals surface area contributed by atoms with Gasteiger partial charge < -0.3 is 10.1 Å². The second kappa shape index (κ2) is 7.56. The van der Waals surface area contributed by atoms with Gasteiger partial charge >= 0.3 is 0 Å². The van der Waals surface area contributed by atoms with E-state index >= 15 is 0 Å². The van der Waals surface area contributed by atoms with Crippen LogP contribution in [0.2, 0.25) is 0 Å². The maximum atomic E-state index is 4.94. The molecule has 2 heteroatoms. The molecule has 1 fully saturated rings. The molecule has 1 aliphatic rings. The first kappa shape index (κ1) is 11.9. The summed E-state index contributed by atoms with van der Waals surface area (Å²) in [5.74, 6) is 0. The lowest BCUT2D eigenvalue weighted by Crippen LogP contribution is -2.29. The SMILES string of the molecule is C1CCOC1.CC(C)NC(C)C. The Morgan fingerprint density at radius 3 is 1.42 bits per heavy atom. The highest BCUT2D eigenvalue weighted by Crippen LogP contribution is 1.98. The summed E-state index contributed by atoms with van der Waals surface area (Å²) in [6.07, 6.45) is 2.56. The van der Waals surface area contributed by atoms with Gasteiger partial charge in [0.2, 0.25) is 0 Å². The van der Waals surface area contributed by atoms with Crippen LogP contribution in [0.3, 0.4) is 0 Å². The smallest absolute Gasteiger partial charge is 0.0466 e. The van der Waals surface area contributed by atoms with Gasteiger partial charge in [0.25, 0.3) is 0 Å². The summed E-state index contributed by atoms with van der Waals surface area (Å²) in [7, 11) is 0. The minimum Gasteiger partial charge on any atom is -0.381 e. The highest BCUT2D eigenvalue weighted by molar-refractivity contribution is 4.55. The Morgan fingerprint density at radius 2 is 1.33 bits per heavy atom. The molecule has 0 saturated carbocycles. The third-order valence-corrected chi connectivity index (χ3v) is 1.49. The molecule has 0 aromatic rings. The van der Waals surface area contributed by atoms with Gasteiger partial charge in [0.05, 0.1) is 0 Å². The Hall–Kier alpha value is -0.0800. The summed E-state index contributed by atoms with van der Waals surface area (Å²) in [4.78, 5) is 0. The summed E-state index contributed by atoms with van der Waals surface area (Å²) in [6.45, 7) is 10.6. The zero-order chi connectivity index (χ0) is 9.40. The number of nitrogens with one attached hydrogen (secondary N) is 1. The quantitative estimate of drug-likeness (QED) is 0.691. The molecule has 1 heterocycles. The van der Waals surface area contributed by atoms with Crippen LogP contribution in [-0.4, -0.2) is 25.3 Å². The maximum Gasteiger partial charge on any atom is 0.0466 e. The van der Waals surface area contributed by atoms with Crippen LogP contribution in [0.5, 0.6) is 0 Å². The van der Waals surface area contributed by atoms with Gasteiger partial charge in [-0.1, -0.05) is 27.7 Å². The van der Waals surface area contributed by atoms with Crippen molar-refractivity contribution in [2.45, 2.75) is 52.6 Å². The lowest BCUT2D eigenvalue weighted by atomic mass is 10.3. The summed E-state index contributed by atoms with van der Waals surface area (Å²) >= 11 is 0. The van der Waals surface area contributed by atoms with Gasteiger partial charge in [-0.2, -0.15) is 0 Å². The van der Waals surface area contributed by atoms with Crippen LogP contribution in [0.25, 0.3) is 0 Å². The van der Waals surface area contributed by atoms with Gasteiger partial charge in [0, 0.05) is 25.3 Å². The lowest BCUT2D eigenvalue weighted by Gasteiger charge is -2.10. The van der Waals surface area contributed by atoms with Crippen LogP contribution in [-0.2, 0) is 4.74 Å². The Morgan fingerprint density at radius 1 is 0.917 bits per heavy atom. The van der Waals surface area contributed by atoms with E-state index in [-0.39, 0.29) is 0 Å². The van der Waals surface area contributed by atoms with E-state index in [1.165, 1.54) is 12.8 Å². The number of ether oxygens (including phenoxy) is 1. The van der Waals surface area contributed by atoms with Crippen molar-refractivity contribution in [2.75, 3.05) is 13.2 Å². The van der Waals surface area contributed by atoms with Crippen LogP contribution >= 0.6 is 0 Å². The van der Waals surface area contributed by atoms with Crippen molar-refractivity contribution < 1.29 is 4.74 Å². The monoisotopic (exact) mass is 173 g/mol. The van der Waals surface area contributed by atoms with Crippen LogP contribution < -0.4 is 5.32 Å². The molecule has 1 N–H and O–H groups in total. The molecule has 0 bridgehead atoms. The molecule has 1 saturated heterocycles. The Balaban J connectivity index is 0.000000211. The Bertz CT molecular complexity index is 74.2. The molecule has 12 heavy (non-hydrogen) atoms. The third-order valence-electron chi connectivity index (χ3n) is 1.49. The number of hydrogen-bond acceptors (Lipinski definition) is 2. The first-order valence-electron chi connectivity index (χ1n) is 4.96. The van der Waals surface area contributed by atoms with E-state index < -0.39 is 0 Å². The van der Waals surface area contributed by atoms with E-state index in [4.69, 9.17) is 4.74 Å². The number of rotatable bonds is 2. The highest BCUT2D eigenvalue weighted by atomic mass is 16.5. The van der Waals surface area contributed by atoms with E-state index in [1.54, 1.807) is 0 Å². The zero-order valence-electron chi connectivity index (χ0n) is 8.89. The van der Waals surface area contributed by atoms with Crippen LogP contribution in [0.4, 0.5) is 0 Å². The minimum atomic E-state index is 0.625. The molecule has 74 valence electrons. The zero-order valence-corrected chi connectivity index (χ0v) is 8.89. The van der Waals surface area contributed by atoms with Gasteiger partial charge in [-0.3, -0.25) is 0 Å². The summed E-state index contributed by atoms with van der Waals surface area (Å²) in [5.41, 5.74) is 0. The first-order valence-corrected chi connectivity index (χ1v) is 4.96. The molecule has 0 spiro atoms. The third kappa shape index (κ3) is 9.92. The molecule has 0 radical (unpaired) electrons. The molecule has 0 atom stereocenters. The second-order valence-corrected chi connectivity index (χ2v) is 3.80. The predicted octanol–water partition coefficient (Wildman–Crippen LogP) is 2.19. The topological polar surface area (TPSA) is 21.3 Å². The molecule has 0 amide bonds. The normalized spacial score (nSPS) is 16.5. The predicted molar refractivity (Wildman–Crippen MR) is 53.5 cm³/mol. The van der Waals surface area contributed by atoms with Crippen LogP contribution in [0, 0.1) is 0 Å². The van der Waals surface area contributed by atoms with E-state index in [2.05, 4.69) is 33.0 Å². The number of hydrogen-bond donors (Lipinski definition) is 1. The fraction of sp³-hybridized carbons (Fsp3) is 1.00. The standard InChI is InChI=1S/C6H15N.C4H8O/c1-5(2)7-6(3)4;1-2-4-5-3-1/h5-7H,1-4H3;1-4H2. The van der Waals surface area contributed by atoms with E-state index in [1.807, 2.05) is 0 Å². The largest absolute Gasteiger partial charge is 0.381 e. The molecule has 0 aromatic heterocycles. The second-order valence-electron chi connectivity index (χ2n) is 3.80. The molecular formula is C10H23NO. The fourth-order valence-electron chi connectivity index (χ4n) is 1.18. The maximum absolute atomic E-state index is 4.94. The molecule has 0 unspecified atom stereocenters. The van der Waals surface area contributed by atoms with Crippen molar-refractivity contribution in [1.29, 1.82) is 0 Å². The van der Waals surface area contributed by atoms with Crippen molar-refractivity contribution in [3.05, 3.63) is 0 Å².